The Morgan fingerprint density at radius 1 is 0.424 bits per heavy atom. The van der Waals surface area contributed by atoms with Gasteiger partial charge in [-0.1, -0.05) is 66.7 Å². The van der Waals surface area contributed by atoms with Crippen molar-refractivity contribution in [1.29, 1.82) is 0 Å². The fourth-order valence-corrected chi connectivity index (χ4v) is 5.39. The maximum Gasteiger partial charge on any atom is 0.0548 e. The molecular weight excluding hydrogens is 400 g/mol. The maximum atomic E-state index is 2.41. The normalized spacial score (nSPS) is 11.8. The van der Waals surface area contributed by atoms with E-state index in [2.05, 4.69) is 131 Å². The molecule has 0 aliphatic carbocycles. The minimum Gasteiger partial charge on any atom is -0.309 e. The molecule has 0 bridgehead atoms. The van der Waals surface area contributed by atoms with Gasteiger partial charge in [0.05, 0.1) is 22.1 Å². The van der Waals surface area contributed by atoms with Crippen LogP contribution in [0.5, 0.6) is 0 Å². The lowest BCUT2D eigenvalue weighted by Crippen LogP contribution is -1.94. The minimum atomic E-state index is 1.19. The Hall–Kier alpha value is -4.30. The topological polar surface area (TPSA) is 9.86 Å². The molecule has 7 aromatic rings. The molecule has 2 aromatic heterocycles. The minimum absolute atomic E-state index is 1.19. The fourth-order valence-electron chi connectivity index (χ4n) is 5.39. The second-order valence-corrected chi connectivity index (χ2v) is 8.73. The molecule has 0 N–H and O–H groups in total. The molecule has 0 saturated carbocycles. The van der Waals surface area contributed by atoms with Crippen molar-refractivity contribution in [1.82, 2.24) is 9.13 Å². The lowest BCUT2D eigenvalue weighted by atomic mass is 10.0. The maximum absolute atomic E-state index is 2.41. The molecule has 0 radical (unpaired) electrons. The Labute approximate surface area is 191 Å². The number of hydrogen-bond acceptors (Lipinski definition) is 0. The van der Waals surface area contributed by atoms with E-state index in [1.54, 1.807) is 0 Å². The number of aromatic nitrogens is 2. The third kappa shape index (κ3) is 2.55. The molecule has 2 heteroatoms. The van der Waals surface area contributed by atoms with Gasteiger partial charge in [-0.3, -0.25) is 0 Å². The third-order valence-corrected chi connectivity index (χ3v) is 6.75. The van der Waals surface area contributed by atoms with Gasteiger partial charge in [-0.05, 0) is 61.0 Å². The van der Waals surface area contributed by atoms with Gasteiger partial charge in [0.25, 0.3) is 0 Å². The summed E-state index contributed by atoms with van der Waals surface area (Å²) in [5.74, 6) is 0. The van der Waals surface area contributed by atoms with E-state index >= 15 is 0 Å². The van der Waals surface area contributed by atoms with Crippen molar-refractivity contribution in [3.8, 4) is 11.4 Å². The Bertz CT molecular complexity index is 1800. The van der Waals surface area contributed by atoms with Gasteiger partial charge in [0.2, 0.25) is 0 Å². The van der Waals surface area contributed by atoms with E-state index in [1.807, 2.05) is 0 Å². The lowest BCUT2D eigenvalue weighted by Gasteiger charge is -2.09. The Balaban J connectivity index is 1.74. The van der Waals surface area contributed by atoms with E-state index in [0.29, 0.717) is 0 Å². The zero-order chi connectivity index (χ0) is 21.9. The summed E-state index contributed by atoms with van der Waals surface area (Å²) < 4.78 is 4.80. The predicted molar refractivity (Wildman–Crippen MR) is 140 cm³/mol. The smallest absolute Gasteiger partial charge is 0.0548 e. The average molecular weight is 423 g/mol. The van der Waals surface area contributed by atoms with Crippen LogP contribution in [0.2, 0.25) is 0 Å². The lowest BCUT2D eigenvalue weighted by molar-refractivity contribution is 1.17. The van der Waals surface area contributed by atoms with Crippen molar-refractivity contribution in [2.75, 3.05) is 0 Å². The highest BCUT2D eigenvalue weighted by atomic mass is 15.0. The molecule has 2 heterocycles. The summed E-state index contributed by atoms with van der Waals surface area (Å²) in [6.45, 7) is 2.17. The number of rotatable bonds is 2. The van der Waals surface area contributed by atoms with E-state index < -0.39 is 0 Å². The van der Waals surface area contributed by atoms with Crippen molar-refractivity contribution in [2.24, 2.45) is 0 Å². The van der Waals surface area contributed by atoms with Gasteiger partial charge in [0, 0.05) is 32.9 Å². The van der Waals surface area contributed by atoms with Crippen LogP contribution in [-0.2, 0) is 0 Å². The first-order valence-electron chi connectivity index (χ1n) is 11.4. The predicted octanol–water partition coefficient (Wildman–Crippen LogP) is 8.19. The van der Waals surface area contributed by atoms with E-state index in [4.69, 9.17) is 0 Å². The van der Waals surface area contributed by atoms with Gasteiger partial charge in [0.1, 0.15) is 0 Å². The molecule has 0 saturated heterocycles. The molecule has 0 unspecified atom stereocenters. The van der Waals surface area contributed by atoms with Crippen molar-refractivity contribution in [2.45, 2.75) is 6.92 Å². The number of benzene rings is 5. The average Bonchev–Trinajstić information content (AvgIpc) is 3.37. The molecular formula is C31H22N2. The molecule has 0 atom stereocenters. The van der Waals surface area contributed by atoms with Crippen LogP contribution < -0.4 is 0 Å². The first-order chi connectivity index (χ1) is 16.3. The van der Waals surface area contributed by atoms with Crippen LogP contribution in [0.3, 0.4) is 0 Å². The Morgan fingerprint density at radius 3 is 1.58 bits per heavy atom. The molecule has 0 aliphatic rings. The summed E-state index contributed by atoms with van der Waals surface area (Å²) in [6.07, 6.45) is 0. The molecule has 33 heavy (non-hydrogen) atoms. The standard InChI is InChI=1S/C31H22N2/c1-21-16-17-25-29(20-21)33(23-12-6-3-7-13-23)28-19-18-27-30(31(25)28)24-14-8-9-15-26(24)32(27)22-10-4-2-5-11-22/h2-20H,1H3. The van der Waals surface area contributed by atoms with E-state index in [1.165, 1.54) is 60.5 Å². The number of aryl methyl sites for hydroxylation is 1. The number of hydrogen-bond donors (Lipinski definition) is 0. The van der Waals surface area contributed by atoms with Crippen LogP contribution in [0, 0.1) is 6.92 Å². The fraction of sp³-hybridized carbons (Fsp3) is 0.0323. The second-order valence-electron chi connectivity index (χ2n) is 8.73. The van der Waals surface area contributed by atoms with Crippen LogP contribution in [-0.4, -0.2) is 9.13 Å². The summed E-state index contributed by atoms with van der Waals surface area (Å²) >= 11 is 0. The summed E-state index contributed by atoms with van der Waals surface area (Å²) in [4.78, 5) is 0. The highest BCUT2D eigenvalue weighted by molar-refractivity contribution is 6.28. The van der Waals surface area contributed by atoms with Crippen LogP contribution in [0.1, 0.15) is 5.56 Å². The molecule has 2 nitrogen and oxygen atoms in total. The van der Waals surface area contributed by atoms with Crippen molar-refractivity contribution in [3.05, 3.63) is 121 Å². The highest BCUT2D eigenvalue weighted by Crippen LogP contribution is 2.42. The van der Waals surface area contributed by atoms with Crippen molar-refractivity contribution >= 4 is 43.6 Å². The molecule has 7 rings (SSSR count). The van der Waals surface area contributed by atoms with Gasteiger partial charge in [-0.15, -0.1) is 0 Å². The zero-order valence-electron chi connectivity index (χ0n) is 18.4. The molecule has 156 valence electrons. The van der Waals surface area contributed by atoms with Gasteiger partial charge in [-0.25, -0.2) is 0 Å². The van der Waals surface area contributed by atoms with Crippen molar-refractivity contribution < 1.29 is 0 Å². The SMILES string of the molecule is Cc1ccc2c3c4c5ccccc5n(-c5ccccc5)c4ccc3n(-c3ccccc3)c2c1. The summed E-state index contributed by atoms with van der Waals surface area (Å²) in [7, 11) is 0. The number of nitrogens with zero attached hydrogens (tertiary/aromatic N) is 2. The number of fused-ring (bicyclic) bond motifs is 7. The summed E-state index contributed by atoms with van der Waals surface area (Å²) in [5.41, 5.74) is 8.61. The van der Waals surface area contributed by atoms with Gasteiger partial charge in [0.15, 0.2) is 0 Å². The van der Waals surface area contributed by atoms with Crippen LogP contribution in [0.25, 0.3) is 55.0 Å². The number of para-hydroxylation sites is 3. The van der Waals surface area contributed by atoms with Crippen LogP contribution in [0.15, 0.2) is 115 Å². The molecule has 0 amide bonds. The summed E-state index contributed by atoms with van der Waals surface area (Å²) in [6, 6.07) is 41.5. The monoisotopic (exact) mass is 422 g/mol. The van der Waals surface area contributed by atoms with Gasteiger partial charge in [-0.2, -0.15) is 0 Å². The first kappa shape index (κ1) is 18.3. The van der Waals surface area contributed by atoms with Gasteiger partial charge < -0.3 is 9.13 Å². The quantitative estimate of drug-likeness (QED) is 0.266. The highest BCUT2D eigenvalue weighted by Gasteiger charge is 2.20. The largest absolute Gasteiger partial charge is 0.309 e. The molecule has 0 spiro atoms. The van der Waals surface area contributed by atoms with Crippen LogP contribution in [0.4, 0.5) is 0 Å². The van der Waals surface area contributed by atoms with Gasteiger partial charge >= 0.3 is 0 Å². The molecule has 0 fully saturated rings. The molecule has 0 aliphatic heterocycles. The third-order valence-electron chi connectivity index (χ3n) is 6.75. The van der Waals surface area contributed by atoms with Crippen LogP contribution >= 0.6 is 0 Å². The van der Waals surface area contributed by atoms with E-state index in [-0.39, 0.29) is 0 Å². The Morgan fingerprint density at radius 2 is 0.939 bits per heavy atom. The second kappa shape index (κ2) is 6.85. The zero-order valence-corrected chi connectivity index (χ0v) is 18.4. The van der Waals surface area contributed by atoms with Crippen molar-refractivity contribution in [3.63, 3.8) is 0 Å². The van der Waals surface area contributed by atoms with E-state index in [9.17, 15) is 0 Å². The molecule has 5 aromatic carbocycles. The first-order valence-corrected chi connectivity index (χ1v) is 11.4. The van der Waals surface area contributed by atoms with E-state index in [0.717, 1.165) is 0 Å². The Kier molecular flexibility index (Phi) is 3.80. The summed E-state index contributed by atoms with van der Waals surface area (Å²) in [5, 5.41) is 5.21.